The van der Waals surface area contributed by atoms with Gasteiger partial charge >= 0.3 is 12.0 Å². The molecule has 1 N–H and O–H groups in total. The second-order valence-corrected chi connectivity index (χ2v) is 6.19. The third-order valence-electron chi connectivity index (χ3n) is 4.26. The van der Waals surface area contributed by atoms with Crippen LogP contribution in [-0.4, -0.2) is 43.7 Å². The first-order valence-electron chi connectivity index (χ1n) is 9.08. The lowest BCUT2D eigenvalue weighted by Crippen LogP contribution is -2.58. The second kappa shape index (κ2) is 8.99. The molecule has 2 aromatic rings. The van der Waals surface area contributed by atoms with Gasteiger partial charge in [-0.1, -0.05) is 6.07 Å². The average molecular weight is 409 g/mol. The SMILES string of the molecule is CCOC(=O)c1cccc(N=C[C@@H]2C(=O)NC(=O)N(c3ccc(OC)cc3)C2=O)c1. The van der Waals surface area contributed by atoms with Crippen molar-refractivity contribution >= 4 is 41.4 Å². The van der Waals surface area contributed by atoms with Gasteiger partial charge < -0.3 is 9.47 Å². The molecule has 3 rings (SSSR count). The first-order chi connectivity index (χ1) is 14.4. The lowest BCUT2D eigenvalue weighted by atomic mass is 10.1. The van der Waals surface area contributed by atoms with E-state index in [9.17, 15) is 19.2 Å². The van der Waals surface area contributed by atoms with Crippen molar-refractivity contribution in [3.8, 4) is 5.75 Å². The lowest BCUT2D eigenvalue weighted by Gasteiger charge is -2.28. The number of nitrogens with one attached hydrogen (secondary N) is 1. The predicted octanol–water partition coefficient (Wildman–Crippen LogP) is 2.47. The van der Waals surface area contributed by atoms with E-state index in [2.05, 4.69) is 10.3 Å². The zero-order valence-electron chi connectivity index (χ0n) is 16.3. The van der Waals surface area contributed by atoms with E-state index in [4.69, 9.17) is 9.47 Å². The smallest absolute Gasteiger partial charge is 0.338 e. The first-order valence-corrected chi connectivity index (χ1v) is 9.08. The molecule has 4 amide bonds. The van der Waals surface area contributed by atoms with E-state index >= 15 is 0 Å². The van der Waals surface area contributed by atoms with Gasteiger partial charge in [0.1, 0.15) is 5.75 Å². The van der Waals surface area contributed by atoms with E-state index in [1.165, 1.54) is 25.3 Å². The van der Waals surface area contributed by atoms with Gasteiger partial charge in [-0.3, -0.25) is 19.9 Å². The van der Waals surface area contributed by atoms with E-state index < -0.39 is 29.7 Å². The maximum atomic E-state index is 12.8. The van der Waals surface area contributed by atoms with Crippen molar-refractivity contribution in [2.45, 2.75) is 6.92 Å². The molecule has 0 saturated carbocycles. The van der Waals surface area contributed by atoms with Crippen molar-refractivity contribution in [3.05, 3.63) is 54.1 Å². The summed E-state index contributed by atoms with van der Waals surface area (Å²) in [6.45, 7) is 1.93. The van der Waals surface area contributed by atoms with Crippen LogP contribution in [0.25, 0.3) is 0 Å². The highest BCUT2D eigenvalue weighted by atomic mass is 16.5. The molecular formula is C21H19N3O6. The largest absolute Gasteiger partial charge is 0.497 e. The minimum atomic E-state index is -1.31. The summed E-state index contributed by atoms with van der Waals surface area (Å²) in [5.41, 5.74) is 0.934. The van der Waals surface area contributed by atoms with E-state index in [0.717, 1.165) is 11.1 Å². The van der Waals surface area contributed by atoms with Gasteiger partial charge in [0.05, 0.1) is 30.7 Å². The Morgan fingerprint density at radius 3 is 2.57 bits per heavy atom. The van der Waals surface area contributed by atoms with Crippen LogP contribution < -0.4 is 15.0 Å². The number of esters is 1. The Morgan fingerprint density at radius 2 is 1.90 bits per heavy atom. The van der Waals surface area contributed by atoms with Gasteiger partial charge in [0.15, 0.2) is 5.92 Å². The molecule has 1 aliphatic rings. The number of carbonyl (C=O) groups is 4. The predicted molar refractivity (Wildman–Crippen MR) is 108 cm³/mol. The standard InChI is InChI=1S/C21H19N3O6/c1-3-30-20(27)13-5-4-6-14(11-13)22-12-17-18(25)23-21(28)24(19(17)26)15-7-9-16(29-2)10-8-15/h4-12,17H,3H2,1-2H3,(H,23,25,28)/t17-/m1/s1. The Morgan fingerprint density at radius 1 is 1.17 bits per heavy atom. The molecule has 30 heavy (non-hydrogen) atoms. The van der Waals surface area contributed by atoms with E-state index in [0.29, 0.717) is 17.0 Å². The molecule has 1 fully saturated rings. The monoisotopic (exact) mass is 409 g/mol. The molecular weight excluding hydrogens is 390 g/mol. The second-order valence-electron chi connectivity index (χ2n) is 6.19. The third kappa shape index (κ3) is 4.35. The topological polar surface area (TPSA) is 114 Å². The molecule has 0 spiro atoms. The molecule has 9 heteroatoms. The van der Waals surface area contributed by atoms with Crippen molar-refractivity contribution < 1.29 is 28.7 Å². The number of nitrogens with zero attached hydrogens (tertiary/aromatic N) is 2. The molecule has 0 aromatic heterocycles. The highest BCUT2D eigenvalue weighted by Crippen LogP contribution is 2.23. The molecule has 0 bridgehead atoms. The molecule has 0 radical (unpaired) electrons. The van der Waals surface area contributed by atoms with Gasteiger partial charge in [-0.05, 0) is 49.4 Å². The number of carbonyl (C=O) groups excluding carboxylic acids is 4. The van der Waals surface area contributed by atoms with E-state index in [-0.39, 0.29) is 12.3 Å². The number of barbiturate groups is 1. The first kappa shape index (κ1) is 20.7. The Bertz CT molecular complexity index is 1020. The minimum Gasteiger partial charge on any atom is -0.497 e. The molecule has 2 aromatic carbocycles. The number of ether oxygens (including phenoxy) is 2. The van der Waals surface area contributed by atoms with Gasteiger partial charge in [-0.15, -0.1) is 0 Å². The Kier molecular flexibility index (Phi) is 6.21. The number of methoxy groups -OCH3 is 1. The summed E-state index contributed by atoms with van der Waals surface area (Å²) >= 11 is 0. The van der Waals surface area contributed by atoms with Crippen molar-refractivity contribution in [2.24, 2.45) is 10.9 Å². The fourth-order valence-electron chi connectivity index (χ4n) is 2.79. The summed E-state index contributed by atoms with van der Waals surface area (Å²) < 4.78 is 10.0. The molecule has 0 unspecified atom stereocenters. The summed E-state index contributed by atoms with van der Waals surface area (Å²) in [5.74, 6) is -2.77. The van der Waals surface area contributed by atoms with Crippen LogP contribution in [0.15, 0.2) is 53.5 Å². The number of hydrogen-bond acceptors (Lipinski definition) is 7. The highest BCUT2D eigenvalue weighted by molar-refractivity contribution is 6.32. The quantitative estimate of drug-likeness (QED) is 0.445. The van der Waals surface area contributed by atoms with Crippen LogP contribution in [0, 0.1) is 5.92 Å². The zero-order valence-corrected chi connectivity index (χ0v) is 16.3. The average Bonchev–Trinajstić information content (AvgIpc) is 2.74. The fourth-order valence-corrected chi connectivity index (χ4v) is 2.79. The molecule has 0 aliphatic carbocycles. The van der Waals surface area contributed by atoms with Crippen LogP contribution >= 0.6 is 0 Å². The number of hydrogen-bond donors (Lipinski definition) is 1. The van der Waals surface area contributed by atoms with Gasteiger partial charge in [-0.25, -0.2) is 14.5 Å². The van der Waals surface area contributed by atoms with Crippen LogP contribution in [-0.2, 0) is 14.3 Å². The van der Waals surface area contributed by atoms with Crippen molar-refractivity contribution in [3.63, 3.8) is 0 Å². The summed E-state index contributed by atoms with van der Waals surface area (Å²) in [4.78, 5) is 54.1. The highest BCUT2D eigenvalue weighted by Gasteiger charge is 2.40. The number of amides is 4. The van der Waals surface area contributed by atoms with Crippen LogP contribution in [0.5, 0.6) is 5.75 Å². The number of urea groups is 1. The number of benzene rings is 2. The zero-order chi connectivity index (χ0) is 21.7. The number of imide groups is 2. The van der Waals surface area contributed by atoms with Crippen molar-refractivity contribution in [1.82, 2.24) is 5.32 Å². The van der Waals surface area contributed by atoms with Crippen molar-refractivity contribution in [1.29, 1.82) is 0 Å². The Balaban J connectivity index is 1.83. The van der Waals surface area contributed by atoms with Gasteiger partial charge in [0.25, 0.3) is 5.91 Å². The molecule has 1 atom stereocenters. The molecule has 1 heterocycles. The molecule has 9 nitrogen and oxygen atoms in total. The number of rotatable bonds is 6. The van der Waals surface area contributed by atoms with Crippen molar-refractivity contribution in [2.75, 3.05) is 18.6 Å². The Labute approximate surface area is 172 Å². The maximum Gasteiger partial charge on any atom is 0.338 e. The van der Waals surface area contributed by atoms with E-state index in [1.807, 2.05) is 0 Å². The Hall–Kier alpha value is -4.01. The van der Waals surface area contributed by atoms with Crippen LogP contribution in [0.1, 0.15) is 17.3 Å². The number of anilines is 1. The molecule has 1 aliphatic heterocycles. The normalized spacial score (nSPS) is 16.5. The molecule has 1 saturated heterocycles. The van der Waals surface area contributed by atoms with Crippen LogP contribution in [0.3, 0.4) is 0 Å². The summed E-state index contributed by atoms with van der Waals surface area (Å²) in [6, 6.07) is 11.7. The van der Waals surface area contributed by atoms with Crippen LogP contribution in [0.2, 0.25) is 0 Å². The number of aliphatic imine (C=N–C) groups is 1. The summed E-state index contributed by atoms with van der Waals surface area (Å²) in [5, 5.41) is 2.15. The minimum absolute atomic E-state index is 0.234. The van der Waals surface area contributed by atoms with Gasteiger partial charge in [-0.2, -0.15) is 0 Å². The lowest BCUT2D eigenvalue weighted by molar-refractivity contribution is -0.131. The van der Waals surface area contributed by atoms with E-state index in [1.54, 1.807) is 37.3 Å². The third-order valence-corrected chi connectivity index (χ3v) is 4.26. The van der Waals surface area contributed by atoms with Crippen LogP contribution in [0.4, 0.5) is 16.2 Å². The maximum absolute atomic E-state index is 12.8. The van der Waals surface area contributed by atoms with Gasteiger partial charge in [0.2, 0.25) is 5.91 Å². The van der Waals surface area contributed by atoms with Gasteiger partial charge in [0, 0.05) is 6.21 Å². The molecule has 154 valence electrons. The summed E-state index contributed by atoms with van der Waals surface area (Å²) in [7, 11) is 1.50. The summed E-state index contributed by atoms with van der Waals surface area (Å²) in [6.07, 6.45) is 1.14. The fraction of sp³-hybridized carbons (Fsp3) is 0.190.